The molecule has 1 aromatic carbocycles. The lowest BCUT2D eigenvalue weighted by Crippen LogP contribution is -2.34. The molecule has 1 rings (SSSR count). The Kier molecular flexibility index (Phi) is 4.03. The van der Waals surface area contributed by atoms with E-state index in [1.807, 2.05) is 0 Å². The molecular weight excluding hydrogens is 174 g/mol. The molecule has 0 aliphatic carbocycles. The van der Waals surface area contributed by atoms with Crippen molar-refractivity contribution in [2.24, 2.45) is 0 Å². The predicted octanol–water partition coefficient (Wildman–Crippen LogP) is 3.15. The van der Waals surface area contributed by atoms with E-state index in [2.05, 4.69) is 55.8 Å². The first-order valence-electron chi connectivity index (χ1n) is 4.93. The molecule has 0 atom stereocenters. The fraction of sp³-hybridized carbons (Fsp3) is 0.455. The normalized spacial score (nSPS) is 10.5. The highest BCUT2D eigenvalue weighted by Crippen LogP contribution is 2.15. The van der Waals surface area contributed by atoms with Crippen LogP contribution in [0.4, 0.5) is 5.69 Å². The van der Waals surface area contributed by atoms with Gasteiger partial charge < -0.3 is 4.57 Å². The van der Waals surface area contributed by atoms with Gasteiger partial charge in [-0.3, -0.25) is 0 Å². The summed E-state index contributed by atoms with van der Waals surface area (Å²) < 4.78 is 2.46. The van der Waals surface area contributed by atoms with Crippen LogP contribution in [0.3, 0.4) is 0 Å². The number of hydrogen-bond acceptors (Lipinski definition) is 1. The number of nitrogens with zero attached hydrogens (tertiary/aromatic N) is 1. The number of hydrogen-bond donors (Lipinski definition) is 0. The van der Waals surface area contributed by atoms with Crippen LogP contribution in [-0.2, 0) is 0 Å². The molecule has 1 nitrogen and oxygen atoms in total. The molecular formula is C11H18NSi. The minimum absolute atomic E-state index is 0.320. The van der Waals surface area contributed by atoms with E-state index in [4.69, 9.17) is 0 Å². The topological polar surface area (TPSA) is 3.24 Å². The lowest BCUT2D eigenvalue weighted by molar-refractivity contribution is 1.18. The first kappa shape index (κ1) is 10.3. The van der Waals surface area contributed by atoms with Crippen molar-refractivity contribution in [3.63, 3.8) is 0 Å². The minimum atomic E-state index is -0.320. The molecule has 1 radical (unpaired) electrons. The van der Waals surface area contributed by atoms with Crippen LogP contribution < -0.4 is 4.57 Å². The van der Waals surface area contributed by atoms with Gasteiger partial charge in [0.1, 0.15) is 0 Å². The summed E-state index contributed by atoms with van der Waals surface area (Å²) >= 11 is 0. The number of benzene rings is 1. The first-order chi connectivity index (χ1) is 6.29. The van der Waals surface area contributed by atoms with E-state index < -0.39 is 0 Å². The predicted molar refractivity (Wildman–Crippen MR) is 61.6 cm³/mol. The van der Waals surface area contributed by atoms with Crippen molar-refractivity contribution in [1.29, 1.82) is 0 Å². The molecule has 0 aliphatic rings. The molecule has 0 bridgehead atoms. The maximum Gasteiger partial charge on any atom is 0.168 e. The molecule has 0 unspecified atom stereocenters. The second kappa shape index (κ2) is 5.07. The van der Waals surface area contributed by atoms with Crippen LogP contribution in [0, 0.1) is 0 Å². The lowest BCUT2D eigenvalue weighted by atomic mass is 10.3. The first-order valence-corrected chi connectivity index (χ1v) is 6.79. The van der Waals surface area contributed by atoms with Crippen LogP contribution >= 0.6 is 0 Å². The summed E-state index contributed by atoms with van der Waals surface area (Å²) in [5, 5.41) is 0. The Morgan fingerprint density at radius 1 is 1.08 bits per heavy atom. The fourth-order valence-electron chi connectivity index (χ4n) is 1.56. The second-order valence-corrected chi connectivity index (χ2v) is 6.39. The minimum Gasteiger partial charge on any atom is -0.400 e. The van der Waals surface area contributed by atoms with Crippen molar-refractivity contribution in [3.05, 3.63) is 30.3 Å². The summed E-state index contributed by atoms with van der Waals surface area (Å²) in [7, 11) is 1.90. The van der Waals surface area contributed by atoms with Crippen molar-refractivity contribution in [2.45, 2.75) is 25.9 Å². The van der Waals surface area contributed by atoms with E-state index in [9.17, 15) is 0 Å². The zero-order valence-corrected chi connectivity index (χ0v) is 9.75. The van der Waals surface area contributed by atoms with Crippen LogP contribution in [0.15, 0.2) is 30.3 Å². The van der Waals surface area contributed by atoms with Gasteiger partial charge >= 0.3 is 0 Å². The SMILES string of the molecule is CC[Si](CC)N(C)c1ccccc1. The van der Waals surface area contributed by atoms with Crippen LogP contribution in [0.5, 0.6) is 0 Å². The molecule has 0 aliphatic heterocycles. The van der Waals surface area contributed by atoms with Gasteiger partial charge in [0.15, 0.2) is 8.96 Å². The highest BCUT2D eigenvalue weighted by molar-refractivity contribution is 6.62. The zero-order chi connectivity index (χ0) is 9.68. The molecule has 1 aromatic rings. The summed E-state index contributed by atoms with van der Waals surface area (Å²) in [5.74, 6) is 0. The molecule has 0 amide bonds. The largest absolute Gasteiger partial charge is 0.400 e. The Labute approximate surface area is 83.1 Å². The van der Waals surface area contributed by atoms with E-state index in [1.165, 1.54) is 17.8 Å². The highest BCUT2D eigenvalue weighted by atomic mass is 28.3. The van der Waals surface area contributed by atoms with Gasteiger partial charge in [0.25, 0.3) is 0 Å². The Bertz CT molecular complexity index is 231. The highest BCUT2D eigenvalue weighted by Gasteiger charge is 2.12. The van der Waals surface area contributed by atoms with Crippen LogP contribution in [0.2, 0.25) is 12.1 Å². The quantitative estimate of drug-likeness (QED) is 0.662. The lowest BCUT2D eigenvalue weighted by Gasteiger charge is -2.26. The number of rotatable bonds is 4. The molecule has 0 saturated carbocycles. The van der Waals surface area contributed by atoms with Crippen molar-refractivity contribution in [2.75, 3.05) is 11.6 Å². The molecule has 71 valence electrons. The molecule has 0 spiro atoms. The summed E-state index contributed by atoms with van der Waals surface area (Å²) in [5.41, 5.74) is 1.36. The average Bonchev–Trinajstić information content (AvgIpc) is 2.21. The van der Waals surface area contributed by atoms with E-state index in [1.54, 1.807) is 0 Å². The van der Waals surface area contributed by atoms with Crippen LogP contribution in [0.1, 0.15) is 13.8 Å². The standard InChI is InChI=1S/C11H18NSi/c1-4-13(5-2)12(3)11-9-7-6-8-10-11/h6-10H,4-5H2,1-3H3. The number of para-hydroxylation sites is 1. The van der Waals surface area contributed by atoms with Crippen molar-refractivity contribution < 1.29 is 0 Å². The summed E-state index contributed by atoms with van der Waals surface area (Å²) in [6.07, 6.45) is 0. The molecule has 0 N–H and O–H groups in total. The van der Waals surface area contributed by atoms with E-state index in [0.29, 0.717) is 0 Å². The van der Waals surface area contributed by atoms with Crippen molar-refractivity contribution >= 4 is 14.6 Å². The smallest absolute Gasteiger partial charge is 0.168 e. The van der Waals surface area contributed by atoms with E-state index in [-0.39, 0.29) is 8.96 Å². The summed E-state index contributed by atoms with van der Waals surface area (Å²) in [4.78, 5) is 0. The van der Waals surface area contributed by atoms with E-state index in [0.717, 1.165) is 0 Å². The zero-order valence-electron chi connectivity index (χ0n) is 8.75. The monoisotopic (exact) mass is 192 g/mol. The Morgan fingerprint density at radius 2 is 1.62 bits per heavy atom. The van der Waals surface area contributed by atoms with Gasteiger partial charge in [-0.05, 0) is 31.3 Å². The summed E-state index contributed by atoms with van der Waals surface area (Å²) in [6.45, 7) is 4.58. The van der Waals surface area contributed by atoms with Crippen molar-refractivity contribution in [1.82, 2.24) is 0 Å². The number of anilines is 1. The molecule has 0 fully saturated rings. The maximum atomic E-state index is 2.46. The third kappa shape index (κ3) is 2.59. The van der Waals surface area contributed by atoms with Gasteiger partial charge in [0, 0.05) is 5.69 Å². The van der Waals surface area contributed by atoms with E-state index >= 15 is 0 Å². The Morgan fingerprint density at radius 3 is 2.08 bits per heavy atom. The Balaban J connectivity index is 2.72. The Hall–Kier alpha value is -0.763. The molecule has 0 aromatic heterocycles. The third-order valence-corrected chi connectivity index (χ3v) is 5.27. The molecule has 0 heterocycles. The molecule has 2 heteroatoms. The van der Waals surface area contributed by atoms with Crippen LogP contribution in [-0.4, -0.2) is 16.0 Å². The van der Waals surface area contributed by atoms with Gasteiger partial charge in [0.05, 0.1) is 0 Å². The summed E-state index contributed by atoms with van der Waals surface area (Å²) in [6, 6.07) is 13.3. The van der Waals surface area contributed by atoms with Gasteiger partial charge in [-0.15, -0.1) is 0 Å². The van der Waals surface area contributed by atoms with Gasteiger partial charge in [-0.25, -0.2) is 0 Å². The van der Waals surface area contributed by atoms with Crippen molar-refractivity contribution in [3.8, 4) is 0 Å². The van der Waals surface area contributed by atoms with Gasteiger partial charge in [-0.2, -0.15) is 0 Å². The fourth-order valence-corrected chi connectivity index (χ4v) is 3.52. The second-order valence-electron chi connectivity index (χ2n) is 3.17. The maximum absolute atomic E-state index is 2.46. The van der Waals surface area contributed by atoms with Gasteiger partial charge in [-0.1, -0.05) is 32.0 Å². The molecule has 0 saturated heterocycles. The third-order valence-electron chi connectivity index (χ3n) is 2.43. The average molecular weight is 192 g/mol. The molecule has 13 heavy (non-hydrogen) atoms. The van der Waals surface area contributed by atoms with Crippen LogP contribution in [0.25, 0.3) is 0 Å². The van der Waals surface area contributed by atoms with Gasteiger partial charge in [0.2, 0.25) is 0 Å².